The first kappa shape index (κ1) is 10.4. The van der Waals surface area contributed by atoms with Crippen molar-refractivity contribution >= 4 is 5.97 Å². The fourth-order valence-electron chi connectivity index (χ4n) is 1.45. The van der Waals surface area contributed by atoms with E-state index >= 15 is 0 Å². The van der Waals surface area contributed by atoms with Gasteiger partial charge < -0.3 is 10.1 Å². The quantitative estimate of drug-likeness (QED) is 0.820. The summed E-state index contributed by atoms with van der Waals surface area (Å²) in [5.41, 5.74) is 1.44. The van der Waals surface area contributed by atoms with E-state index in [9.17, 15) is 4.79 Å². The lowest BCUT2D eigenvalue weighted by atomic mass is 10.1. The summed E-state index contributed by atoms with van der Waals surface area (Å²) in [4.78, 5) is 22.1. The molecule has 0 saturated heterocycles. The van der Waals surface area contributed by atoms with Crippen molar-refractivity contribution in [1.82, 2.24) is 15.0 Å². The predicted octanol–water partition coefficient (Wildman–Crippen LogP) is 1.73. The van der Waals surface area contributed by atoms with Crippen molar-refractivity contribution in [2.24, 2.45) is 0 Å². The zero-order valence-corrected chi connectivity index (χ0v) is 8.77. The van der Waals surface area contributed by atoms with E-state index in [0.29, 0.717) is 11.5 Å². The summed E-state index contributed by atoms with van der Waals surface area (Å²) in [6.45, 7) is 1.95. The predicted molar refractivity (Wildman–Crippen MR) is 58.2 cm³/mol. The molecule has 0 unspecified atom stereocenters. The molecule has 2 aromatic rings. The van der Waals surface area contributed by atoms with E-state index in [-0.39, 0.29) is 5.56 Å². The highest BCUT2D eigenvalue weighted by Crippen LogP contribution is 2.18. The molecule has 0 atom stereocenters. The Hall–Kier alpha value is -2.17. The fraction of sp³-hybridized carbons (Fsp3) is 0.182. The molecule has 0 aromatic carbocycles. The minimum atomic E-state index is -0.991. The maximum absolute atomic E-state index is 11.1. The molecule has 0 bridgehead atoms. The molecule has 0 saturated carbocycles. The van der Waals surface area contributed by atoms with E-state index in [2.05, 4.69) is 15.0 Å². The van der Waals surface area contributed by atoms with Crippen LogP contribution < -0.4 is 0 Å². The molecular weight excluding hydrogens is 206 g/mol. The molecule has 2 rings (SSSR count). The second kappa shape index (κ2) is 4.14. The molecule has 16 heavy (non-hydrogen) atoms. The molecule has 0 aliphatic carbocycles. The number of pyridine rings is 1. The van der Waals surface area contributed by atoms with Crippen molar-refractivity contribution in [2.45, 2.75) is 13.3 Å². The number of rotatable bonds is 3. The van der Waals surface area contributed by atoms with Gasteiger partial charge in [0.2, 0.25) is 0 Å². The van der Waals surface area contributed by atoms with E-state index in [1.807, 2.05) is 6.92 Å². The SMILES string of the molecule is CCc1cnc(-c2ncc[nH]2)c(C(=O)O)c1. The maximum atomic E-state index is 11.1. The van der Waals surface area contributed by atoms with Crippen molar-refractivity contribution in [1.29, 1.82) is 0 Å². The highest BCUT2D eigenvalue weighted by Gasteiger charge is 2.15. The molecule has 5 nitrogen and oxygen atoms in total. The van der Waals surface area contributed by atoms with Gasteiger partial charge in [-0.05, 0) is 18.1 Å². The lowest BCUT2D eigenvalue weighted by Gasteiger charge is -2.04. The summed E-state index contributed by atoms with van der Waals surface area (Å²) in [5.74, 6) is -0.519. The second-order valence-corrected chi connectivity index (χ2v) is 3.34. The van der Waals surface area contributed by atoms with Gasteiger partial charge in [-0.3, -0.25) is 4.98 Å². The molecule has 0 spiro atoms. The highest BCUT2D eigenvalue weighted by atomic mass is 16.4. The Balaban J connectivity index is 2.57. The average molecular weight is 217 g/mol. The van der Waals surface area contributed by atoms with Gasteiger partial charge in [-0.15, -0.1) is 0 Å². The summed E-state index contributed by atoms with van der Waals surface area (Å²) in [5, 5.41) is 9.10. The third-order valence-electron chi connectivity index (χ3n) is 2.31. The van der Waals surface area contributed by atoms with Crippen LogP contribution in [0.1, 0.15) is 22.8 Å². The van der Waals surface area contributed by atoms with Gasteiger partial charge in [0.1, 0.15) is 5.69 Å². The van der Waals surface area contributed by atoms with Gasteiger partial charge in [0.15, 0.2) is 5.82 Å². The first-order chi connectivity index (χ1) is 7.72. The van der Waals surface area contributed by atoms with Crippen LogP contribution in [0.2, 0.25) is 0 Å². The Kier molecular flexibility index (Phi) is 2.68. The summed E-state index contributed by atoms with van der Waals surface area (Å²) in [6.07, 6.45) is 5.63. The molecule has 2 N–H and O–H groups in total. The largest absolute Gasteiger partial charge is 0.478 e. The molecule has 0 radical (unpaired) electrons. The highest BCUT2D eigenvalue weighted by molar-refractivity contribution is 5.93. The molecule has 5 heteroatoms. The van der Waals surface area contributed by atoms with Crippen molar-refractivity contribution in [3.8, 4) is 11.5 Å². The van der Waals surface area contributed by atoms with Gasteiger partial charge in [-0.2, -0.15) is 0 Å². The normalized spacial score (nSPS) is 10.3. The van der Waals surface area contributed by atoms with Gasteiger partial charge in [0, 0.05) is 18.6 Å². The lowest BCUT2D eigenvalue weighted by Crippen LogP contribution is -2.04. The van der Waals surface area contributed by atoms with Crippen LogP contribution in [0.5, 0.6) is 0 Å². The maximum Gasteiger partial charge on any atom is 0.338 e. The summed E-state index contributed by atoms with van der Waals surface area (Å²) in [7, 11) is 0. The molecule has 2 heterocycles. The van der Waals surface area contributed by atoms with Crippen molar-refractivity contribution in [3.63, 3.8) is 0 Å². The van der Waals surface area contributed by atoms with Crippen LogP contribution in [-0.4, -0.2) is 26.0 Å². The van der Waals surface area contributed by atoms with Gasteiger partial charge in [-0.1, -0.05) is 6.92 Å². The van der Waals surface area contributed by atoms with E-state index in [1.165, 1.54) is 0 Å². The fourth-order valence-corrected chi connectivity index (χ4v) is 1.45. The van der Waals surface area contributed by atoms with E-state index in [0.717, 1.165) is 12.0 Å². The third-order valence-corrected chi connectivity index (χ3v) is 2.31. The number of imidazole rings is 1. The minimum absolute atomic E-state index is 0.175. The van der Waals surface area contributed by atoms with Crippen LogP contribution in [0, 0.1) is 0 Å². The number of carboxylic acid groups (broad SMARTS) is 1. The van der Waals surface area contributed by atoms with Crippen LogP contribution in [0.3, 0.4) is 0 Å². The number of hydrogen-bond acceptors (Lipinski definition) is 3. The number of carbonyl (C=O) groups is 1. The Morgan fingerprint density at radius 1 is 1.50 bits per heavy atom. The van der Waals surface area contributed by atoms with E-state index < -0.39 is 5.97 Å². The number of nitrogens with zero attached hydrogens (tertiary/aromatic N) is 2. The molecule has 0 fully saturated rings. The van der Waals surface area contributed by atoms with Gasteiger partial charge >= 0.3 is 5.97 Å². The molecule has 0 aliphatic rings. The number of aromatic nitrogens is 3. The Labute approximate surface area is 92.2 Å². The zero-order chi connectivity index (χ0) is 11.5. The van der Waals surface area contributed by atoms with Crippen LogP contribution in [0.4, 0.5) is 0 Å². The Morgan fingerprint density at radius 3 is 2.88 bits per heavy atom. The number of aromatic carboxylic acids is 1. The van der Waals surface area contributed by atoms with E-state index in [1.54, 1.807) is 24.7 Å². The van der Waals surface area contributed by atoms with Gasteiger partial charge in [0.25, 0.3) is 0 Å². The molecule has 0 amide bonds. The van der Waals surface area contributed by atoms with Crippen LogP contribution in [0.15, 0.2) is 24.7 Å². The number of nitrogens with one attached hydrogen (secondary N) is 1. The van der Waals surface area contributed by atoms with E-state index in [4.69, 9.17) is 5.11 Å². The summed E-state index contributed by atoms with van der Waals surface area (Å²) in [6, 6.07) is 1.63. The second-order valence-electron chi connectivity index (χ2n) is 3.34. The number of aryl methyl sites for hydroxylation is 1. The third kappa shape index (κ3) is 1.79. The van der Waals surface area contributed by atoms with Crippen LogP contribution in [0.25, 0.3) is 11.5 Å². The molecule has 0 aliphatic heterocycles. The molecule has 2 aromatic heterocycles. The van der Waals surface area contributed by atoms with Gasteiger partial charge in [-0.25, -0.2) is 9.78 Å². The van der Waals surface area contributed by atoms with Crippen molar-refractivity contribution in [2.75, 3.05) is 0 Å². The van der Waals surface area contributed by atoms with Crippen LogP contribution >= 0.6 is 0 Å². The Morgan fingerprint density at radius 2 is 2.31 bits per heavy atom. The topological polar surface area (TPSA) is 78.9 Å². The first-order valence-electron chi connectivity index (χ1n) is 4.94. The summed E-state index contributed by atoms with van der Waals surface area (Å²) >= 11 is 0. The monoisotopic (exact) mass is 217 g/mol. The number of aromatic amines is 1. The Bertz CT molecular complexity index is 506. The molecular formula is C11H11N3O2. The number of carboxylic acids is 1. The van der Waals surface area contributed by atoms with Crippen LogP contribution in [-0.2, 0) is 6.42 Å². The smallest absolute Gasteiger partial charge is 0.338 e. The first-order valence-corrected chi connectivity index (χ1v) is 4.94. The van der Waals surface area contributed by atoms with Gasteiger partial charge in [0.05, 0.1) is 5.56 Å². The summed E-state index contributed by atoms with van der Waals surface area (Å²) < 4.78 is 0. The van der Waals surface area contributed by atoms with Crippen molar-refractivity contribution in [3.05, 3.63) is 35.8 Å². The zero-order valence-electron chi connectivity index (χ0n) is 8.77. The molecule has 82 valence electrons. The number of H-pyrrole nitrogens is 1. The lowest BCUT2D eigenvalue weighted by molar-refractivity contribution is 0.0697. The number of hydrogen-bond donors (Lipinski definition) is 2. The standard InChI is InChI=1S/C11H11N3O2/c1-2-7-5-8(11(15)16)9(14-6-7)10-12-3-4-13-10/h3-6H,2H2,1H3,(H,12,13)(H,15,16). The minimum Gasteiger partial charge on any atom is -0.478 e. The van der Waals surface area contributed by atoms with Crippen molar-refractivity contribution < 1.29 is 9.90 Å². The average Bonchev–Trinajstić information content (AvgIpc) is 2.81.